The van der Waals surface area contributed by atoms with E-state index in [1.54, 1.807) is 0 Å². The largest absolute Gasteiger partial charge is 0.495 e. The number of rotatable bonds is 11. The van der Waals surface area contributed by atoms with Gasteiger partial charge in [-0.05, 0) is 19.3 Å². The highest BCUT2D eigenvalue weighted by molar-refractivity contribution is 6.57. The second-order valence-corrected chi connectivity index (χ2v) is 8.37. The highest BCUT2D eigenvalue weighted by atomic mass is 28.4. The van der Waals surface area contributed by atoms with Gasteiger partial charge in [-0.1, -0.05) is 32.1 Å². The molecule has 0 bridgehead atoms. The Morgan fingerprint density at radius 1 is 0.680 bits per heavy atom. The molecule has 1 rings (SSSR count). The summed E-state index contributed by atoms with van der Waals surface area (Å²) in [5.41, 5.74) is -0.761. The first-order valence-electron chi connectivity index (χ1n) is 8.21. The van der Waals surface area contributed by atoms with E-state index in [9.17, 15) is 31.5 Å². The molecule has 9 heteroatoms. The predicted octanol–water partition coefficient (Wildman–Crippen LogP) is 4.23. The van der Waals surface area contributed by atoms with E-state index in [1.165, 1.54) is 7.11 Å². The van der Waals surface area contributed by atoms with Gasteiger partial charge in [-0.2, -0.15) is 0 Å². The molecule has 1 aromatic carbocycles. The van der Waals surface area contributed by atoms with E-state index >= 15 is 0 Å². The van der Waals surface area contributed by atoms with Crippen LogP contribution in [0.1, 0.15) is 50.5 Å². The third-order valence-electron chi connectivity index (χ3n) is 4.06. The molecule has 0 atom stereocenters. The van der Waals surface area contributed by atoms with Crippen LogP contribution in [0.2, 0.25) is 6.04 Å². The fraction of sp³-hybridized carbons (Fsp3) is 0.625. The maximum atomic E-state index is 13.5. The van der Waals surface area contributed by atoms with Crippen LogP contribution in [-0.2, 0) is 10.8 Å². The summed E-state index contributed by atoms with van der Waals surface area (Å²) in [6.45, 7) is 0. The average molecular weight is 386 g/mol. The van der Waals surface area contributed by atoms with Crippen molar-refractivity contribution in [3.05, 3.63) is 34.6 Å². The van der Waals surface area contributed by atoms with Crippen molar-refractivity contribution in [3.8, 4) is 0 Å². The summed E-state index contributed by atoms with van der Waals surface area (Å²) in [4.78, 5) is 18.7. The minimum atomic E-state index is -3.48. The van der Waals surface area contributed by atoms with Crippen molar-refractivity contribution in [2.75, 3.05) is 7.11 Å². The van der Waals surface area contributed by atoms with Crippen molar-refractivity contribution in [1.29, 1.82) is 0 Å². The molecule has 0 radical (unpaired) electrons. The first-order valence-corrected chi connectivity index (χ1v) is 10.2. The van der Waals surface area contributed by atoms with Crippen molar-refractivity contribution >= 4 is 8.80 Å². The molecule has 0 aliphatic heterocycles. The van der Waals surface area contributed by atoms with Gasteiger partial charge >= 0.3 is 8.80 Å². The smallest absolute Gasteiger partial charge is 0.390 e. The van der Waals surface area contributed by atoms with E-state index in [0.717, 1.165) is 25.7 Å². The quantitative estimate of drug-likeness (QED) is 0.197. The number of unbranched alkanes of at least 4 members (excludes halogenated alkanes) is 6. The zero-order chi connectivity index (χ0) is 19.0. The molecule has 0 saturated heterocycles. The topological polar surface area (TPSA) is 49.7 Å². The Kier molecular flexibility index (Phi) is 8.98. The van der Waals surface area contributed by atoms with Gasteiger partial charge in [-0.15, -0.1) is 0 Å². The molecule has 0 amide bonds. The number of hydrogen-bond acceptors (Lipinski definition) is 3. The number of halogens is 5. The monoisotopic (exact) mass is 386 g/mol. The number of hydrogen-bond donors (Lipinski definition) is 2. The number of benzene rings is 1. The van der Waals surface area contributed by atoms with Crippen molar-refractivity contribution in [2.24, 2.45) is 0 Å². The van der Waals surface area contributed by atoms with E-state index in [1.807, 2.05) is 0 Å². The molecule has 25 heavy (non-hydrogen) atoms. The van der Waals surface area contributed by atoms with Gasteiger partial charge in [0.05, 0.1) is 0 Å². The lowest BCUT2D eigenvalue weighted by Gasteiger charge is -2.13. The van der Waals surface area contributed by atoms with Gasteiger partial charge in [0.15, 0.2) is 23.3 Å². The fourth-order valence-electron chi connectivity index (χ4n) is 2.51. The molecule has 0 aliphatic rings. The summed E-state index contributed by atoms with van der Waals surface area (Å²) < 4.78 is 70.6. The van der Waals surface area contributed by atoms with Crippen LogP contribution in [0.15, 0.2) is 0 Å². The lowest BCUT2D eigenvalue weighted by molar-refractivity contribution is 0.183. The van der Waals surface area contributed by atoms with Crippen LogP contribution in [0.3, 0.4) is 0 Å². The second-order valence-electron chi connectivity index (χ2n) is 5.97. The highest BCUT2D eigenvalue weighted by Gasteiger charge is 2.29. The molecule has 3 nitrogen and oxygen atoms in total. The fourth-order valence-corrected chi connectivity index (χ4v) is 3.43. The van der Waals surface area contributed by atoms with Gasteiger partial charge in [0, 0.05) is 18.7 Å². The van der Waals surface area contributed by atoms with Gasteiger partial charge in [-0.3, -0.25) is 0 Å². The van der Waals surface area contributed by atoms with Gasteiger partial charge in [0.1, 0.15) is 0 Å². The zero-order valence-electron chi connectivity index (χ0n) is 14.1. The maximum Gasteiger partial charge on any atom is 0.495 e. The molecule has 144 valence electrons. The van der Waals surface area contributed by atoms with Crippen LogP contribution < -0.4 is 0 Å². The minimum absolute atomic E-state index is 0.206. The van der Waals surface area contributed by atoms with Gasteiger partial charge in [-0.25, -0.2) is 22.0 Å². The molecule has 0 aromatic heterocycles. The van der Waals surface area contributed by atoms with Gasteiger partial charge in [0.2, 0.25) is 5.82 Å². The molecule has 0 heterocycles. The van der Waals surface area contributed by atoms with Crippen molar-refractivity contribution in [2.45, 2.75) is 57.4 Å². The van der Waals surface area contributed by atoms with Crippen LogP contribution in [0.4, 0.5) is 22.0 Å². The minimum Gasteiger partial charge on any atom is -0.390 e. The Bertz CT molecular complexity index is 540. The Morgan fingerprint density at radius 3 is 1.56 bits per heavy atom. The van der Waals surface area contributed by atoms with Gasteiger partial charge in [0.25, 0.3) is 0 Å². The van der Waals surface area contributed by atoms with E-state index in [0.29, 0.717) is 19.3 Å². The summed E-state index contributed by atoms with van der Waals surface area (Å²) in [6.07, 6.45) is 4.63. The Balaban J connectivity index is 2.25. The van der Waals surface area contributed by atoms with E-state index in [2.05, 4.69) is 4.43 Å². The SMILES string of the molecule is CO[Si](O)(O)CCCCCCCCCc1c(F)c(F)c(F)c(F)c1F. The van der Waals surface area contributed by atoms with Crippen LogP contribution in [0.25, 0.3) is 0 Å². The highest BCUT2D eigenvalue weighted by Crippen LogP contribution is 2.24. The maximum absolute atomic E-state index is 13.5. The van der Waals surface area contributed by atoms with E-state index < -0.39 is 43.5 Å². The molecule has 2 N–H and O–H groups in total. The normalized spacial score (nSPS) is 12.0. The molecule has 0 fully saturated rings. The van der Waals surface area contributed by atoms with Crippen LogP contribution in [0.5, 0.6) is 0 Å². The zero-order valence-corrected chi connectivity index (χ0v) is 15.1. The third-order valence-corrected chi connectivity index (χ3v) is 5.72. The van der Waals surface area contributed by atoms with E-state index in [4.69, 9.17) is 0 Å². The summed E-state index contributed by atoms with van der Waals surface area (Å²) in [7, 11) is -2.22. The molecular formula is C16H23F5O3Si. The third kappa shape index (κ3) is 6.65. The second kappa shape index (κ2) is 10.2. The summed E-state index contributed by atoms with van der Waals surface area (Å²) >= 11 is 0. The Labute approximate surface area is 144 Å². The first kappa shape index (κ1) is 22.0. The lowest BCUT2D eigenvalue weighted by atomic mass is 10.0. The predicted molar refractivity (Wildman–Crippen MR) is 84.3 cm³/mol. The van der Waals surface area contributed by atoms with Crippen molar-refractivity contribution < 1.29 is 36.0 Å². The molecule has 0 aliphatic carbocycles. The summed E-state index contributed by atoms with van der Waals surface area (Å²) in [5, 5.41) is 0. The van der Waals surface area contributed by atoms with Crippen LogP contribution in [0, 0.1) is 29.1 Å². The molecule has 1 aromatic rings. The average Bonchev–Trinajstić information content (AvgIpc) is 2.59. The Hall–Kier alpha value is -1.03. The molecule has 0 saturated carbocycles. The Morgan fingerprint density at radius 2 is 1.08 bits per heavy atom. The van der Waals surface area contributed by atoms with Crippen molar-refractivity contribution in [1.82, 2.24) is 0 Å². The molecular weight excluding hydrogens is 363 g/mol. The van der Waals surface area contributed by atoms with Crippen LogP contribution in [-0.4, -0.2) is 25.5 Å². The summed E-state index contributed by atoms with van der Waals surface area (Å²) in [6, 6.07) is 0.240. The summed E-state index contributed by atoms with van der Waals surface area (Å²) in [5.74, 6) is -9.45. The van der Waals surface area contributed by atoms with Crippen LogP contribution >= 0.6 is 0 Å². The van der Waals surface area contributed by atoms with E-state index in [-0.39, 0.29) is 12.5 Å². The molecule has 0 unspecified atom stereocenters. The standard InChI is InChI=1S/C16H23F5O3Si/c1-24-25(22,23)10-8-6-4-2-3-5-7-9-11-12(17)14(19)16(21)15(20)13(11)18/h22-23H,2-10H2,1H3. The van der Waals surface area contributed by atoms with Gasteiger partial charge < -0.3 is 14.0 Å². The molecule has 0 spiro atoms. The lowest BCUT2D eigenvalue weighted by Crippen LogP contribution is -2.37. The van der Waals surface area contributed by atoms with Crippen molar-refractivity contribution in [3.63, 3.8) is 0 Å². The first-order chi connectivity index (χ1) is 11.7.